The maximum absolute atomic E-state index is 10.8. The van der Waals surface area contributed by atoms with Gasteiger partial charge in [0.25, 0.3) is 0 Å². The first-order valence-corrected chi connectivity index (χ1v) is 5.07. The minimum atomic E-state index is -0.893. The molecule has 2 nitrogen and oxygen atoms in total. The van der Waals surface area contributed by atoms with E-state index in [1.807, 2.05) is 30.3 Å². The molecule has 2 rings (SSSR count). The fourth-order valence-electron chi connectivity index (χ4n) is 1.72. The maximum atomic E-state index is 10.8. The molecular formula is C14H12O2. The molecule has 2 aromatic carbocycles. The first-order chi connectivity index (χ1) is 7.70. The highest BCUT2D eigenvalue weighted by Gasteiger charge is 2.03. The van der Waals surface area contributed by atoms with Gasteiger partial charge in [0.2, 0.25) is 0 Å². The van der Waals surface area contributed by atoms with Crippen molar-refractivity contribution in [2.24, 2.45) is 0 Å². The molecule has 16 heavy (non-hydrogen) atoms. The van der Waals surface area contributed by atoms with Gasteiger partial charge >= 0.3 is 5.97 Å². The van der Waals surface area contributed by atoms with Crippen LogP contribution >= 0.6 is 0 Å². The highest BCUT2D eigenvalue weighted by Crippen LogP contribution is 2.18. The van der Waals surface area contributed by atoms with Gasteiger partial charge in [-0.2, -0.15) is 0 Å². The van der Waals surface area contributed by atoms with Crippen molar-refractivity contribution in [1.29, 1.82) is 0 Å². The second-order valence-corrected chi connectivity index (χ2v) is 3.69. The van der Waals surface area contributed by atoms with E-state index in [0.717, 1.165) is 22.8 Å². The third kappa shape index (κ3) is 1.96. The Morgan fingerprint density at radius 1 is 1.19 bits per heavy atom. The van der Waals surface area contributed by atoms with E-state index < -0.39 is 5.97 Å². The first-order valence-electron chi connectivity index (χ1n) is 5.07. The Morgan fingerprint density at radius 2 is 1.94 bits per heavy atom. The average molecular weight is 212 g/mol. The van der Waals surface area contributed by atoms with Crippen LogP contribution in [0.2, 0.25) is 0 Å². The van der Waals surface area contributed by atoms with Gasteiger partial charge in [-0.1, -0.05) is 30.3 Å². The Labute approximate surface area is 93.8 Å². The highest BCUT2D eigenvalue weighted by molar-refractivity contribution is 5.94. The van der Waals surface area contributed by atoms with E-state index in [1.54, 1.807) is 12.1 Å². The summed E-state index contributed by atoms with van der Waals surface area (Å²) in [6, 6.07) is 11.2. The van der Waals surface area contributed by atoms with Gasteiger partial charge in [-0.15, -0.1) is 6.58 Å². The summed E-state index contributed by atoms with van der Waals surface area (Å²) in [4.78, 5) is 10.8. The number of carbonyl (C=O) groups is 1. The topological polar surface area (TPSA) is 37.3 Å². The van der Waals surface area contributed by atoms with Gasteiger partial charge in [0.1, 0.15) is 0 Å². The standard InChI is InChI=1S/C14H12O2/c1-2-3-10-4-5-11-6-7-12(14(15)16)9-13(11)8-10/h2,4-9H,1,3H2,(H,15,16). The van der Waals surface area contributed by atoms with E-state index in [-0.39, 0.29) is 0 Å². The van der Waals surface area contributed by atoms with Crippen LogP contribution in [0.4, 0.5) is 0 Å². The quantitative estimate of drug-likeness (QED) is 0.793. The van der Waals surface area contributed by atoms with Crippen LogP contribution in [-0.2, 0) is 6.42 Å². The number of rotatable bonds is 3. The van der Waals surface area contributed by atoms with Gasteiger partial charge < -0.3 is 5.11 Å². The van der Waals surface area contributed by atoms with Gasteiger partial charge in [0.05, 0.1) is 5.56 Å². The summed E-state index contributed by atoms with van der Waals surface area (Å²) in [7, 11) is 0. The predicted octanol–water partition coefficient (Wildman–Crippen LogP) is 3.27. The molecule has 0 atom stereocenters. The Balaban J connectivity index is 2.56. The summed E-state index contributed by atoms with van der Waals surface area (Å²) in [6.45, 7) is 3.69. The van der Waals surface area contributed by atoms with Crippen molar-refractivity contribution in [3.05, 3.63) is 60.2 Å². The lowest BCUT2D eigenvalue weighted by Crippen LogP contribution is -1.95. The van der Waals surface area contributed by atoms with Gasteiger partial charge in [0, 0.05) is 0 Å². The molecule has 0 fully saturated rings. The van der Waals surface area contributed by atoms with Crippen LogP contribution in [-0.4, -0.2) is 11.1 Å². The Bertz CT molecular complexity index is 556. The molecule has 0 spiro atoms. The summed E-state index contributed by atoms with van der Waals surface area (Å²) in [5.41, 5.74) is 1.47. The van der Waals surface area contributed by atoms with Crippen LogP contribution in [0.3, 0.4) is 0 Å². The van der Waals surface area contributed by atoms with Crippen molar-refractivity contribution in [3.8, 4) is 0 Å². The third-order valence-corrected chi connectivity index (χ3v) is 2.53. The summed E-state index contributed by atoms with van der Waals surface area (Å²) < 4.78 is 0. The zero-order valence-electron chi connectivity index (χ0n) is 8.81. The molecule has 0 aliphatic rings. The number of carboxylic acids is 1. The normalized spacial score (nSPS) is 10.2. The van der Waals surface area contributed by atoms with Crippen molar-refractivity contribution in [3.63, 3.8) is 0 Å². The number of carboxylic acid groups (broad SMARTS) is 1. The van der Waals surface area contributed by atoms with Gasteiger partial charge in [0.15, 0.2) is 0 Å². The lowest BCUT2D eigenvalue weighted by Gasteiger charge is -2.02. The molecule has 2 aromatic rings. The number of fused-ring (bicyclic) bond motifs is 1. The largest absolute Gasteiger partial charge is 0.478 e. The number of hydrogen-bond donors (Lipinski definition) is 1. The van der Waals surface area contributed by atoms with Crippen molar-refractivity contribution in [2.75, 3.05) is 0 Å². The number of hydrogen-bond acceptors (Lipinski definition) is 1. The second kappa shape index (κ2) is 4.19. The number of aromatic carboxylic acids is 1. The molecule has 0 aliphatic heterocycles. The lowest BCUT2D eigenvalue weighted by molar-refractivity contribution is 0.0697. The van der Waals surface area contributed by atoms with Crippen molar-refractivity contribution < 1.29 is 9.90 Å². The Hall–Kier alpha value is -2.09. The molecule has 0 unspecified atom stereocenters. The van der Waals surface area contributed by atoms with Crippen molar-refractivity contribution in [2.45, 2.75) is 6.42 Å². The van der Waals surface area contributed by atoms with Crippen LogP contribution in [0, 0.1) is 0 Å². The van der Waals surface area contributed by atoms with E-state index in [1.165, 1.54) is 0 Å². The number of benzene rings is 2. The number of allylic oxidation sites excluding steroid dienone is 1. The second-order valence-electron chi connectivity index (χ2n) is 3.69. The van der Waals surface area contributed by atoms with E-state index in [9.17, 15) is 4.79 Å². The summed E-state index contributed by atoms with van der Waals surface area (Å²) in [5, 5.41) is 10.9. The molecule has 0 aliphatic carbocycles. The highest BCUT2D eigenvalue weighted by atomic mass is 16.4. The first kappa shape index (κ1) is 10.4. The van der Waals surface area contributed by atoms with Crippen LogP contribution in [0.1, 0.15) is 15.9 Å². The molecule has 0 heterocycles. The molecule has 0 bridgehead atoms. The van der Waals surface area contributed by atoms with E-state index in [2.05, 4.69) is 6.58 Å². The minimum Gasteiger partial charge on any atom is -0.478 e. The monoisotopic (exact) mass is 212 g/mol. The van der Waals surface area contributed by atoms with E-state index in [4.69, 9.17) is 5.11 Å². The fraction of sp³-hybridized carbons (Fsp3) is 0.0714. The summed E-state index contributed by atoms with van der Waals surface area (Å²) in [6.07, 6.45) is 2.63. The van der Waals surface area contributed by atoms with Crippen LogP contribution in [0.25, 0.3) is 10.8 Å². The van der Waals surface area contributed by atoms with Gasteiger partial charge in [-0.05, 0) is 34.9 Å². The SMILES string of the molecule is C=CCc1ccc2ccc(C(=O)O)cc2c1. The average Bonchev–Trinajstić information content (AvgIpc) is 2.28. The van der Waals surface area contributed by atoms with Crippen LogP contribution in [0.5, 0.6) is 0 Å². The molecule has 2 heteroatoms. The Morgan fingerprint density at radius 3 is 2.62 bits per heavy atom. The lowest BCUT2D eigenvalue weighted by atomic mass is 10.0. The third-order valence-electron chi connectivity index (χ3n) is 2.53. The molecular weight excluding hydrogens is 200 g/mol. The van der Waals surface area contributed by atoms with Crippen molar-refractivity contribution in [1.82, 2.24) is 0 Å². The minimum absolute atomic E-state index is 0.322. The zero-order chi connectivity index (χ0) is 11.5. The molecule has 0 radical (unpaired) electrons. The van der Waals surface area contributed by atoms with Crippen LogP contribution < -0.4 is 0 Å². The maximum Gasteiger partial charge on any atom is 0.335 e. The smallest absolute Gasteiger partial charge is 0.335 e. The molecule has 0 saturated carbocycles. The van der Waals surface area contributed by atoms with Gasteiger partial charge in [-0.25, -0.2) is 4.79 Å². The van der Waals surface area contributed by atoms with Gasteiger partial charge in [-0.3, -0.25) is 0 Å². The Kier molecular flexibility index (Phi) is 2.73. The van der Waals surface area contributed by atoms with E-state index in [0.29, 0.717) is 5.56 Å². The molecule has 1 N–H and O–H groups in total. The summed E-state index contributed by atoms with van der Waals surface area (Å²) >= 11 is 0. The zero-order valence-corrected chi connectivity index (χ0v) is 8.81. The molecule has 0 saturated heterocycles. The molecule has 80 valence electrons. The van der Waals surface area contributed by atoms with Crippen molar-refractivity contribution >= 4 is 16.7 Å². The molecule has 0 aromatic heterocycles. The van der Waals surface area contributed by atoms with E-state index >= 15 is 0 Å². The fourth-order valence-corrected chi connectivity index (χ4v) is 1.72. The van der Waals surface area contributed by atoms with Crippen LogP contribution in [0.15, 0.2) is 49.1 Å². The predicted molar refractivity (Wildman–Crippen MR) is 64.8 cm³/mol. The molecule has 0 amide bonds. The summed E-state index contributed by atoms with van der Waals surface area (Å²) in [5.74, 6) is -0.893.